The number of nitrogens with zero attached hydrogens (tertiary/aromatic N) is 2. The molecular formula is C13H21N3O2. The molecule has 1 unspecified atom stereocenters. The first-order valence-corrected chi connectivity index (χ1v) is 6.96. The zero-order valence-electron chi connectivity index (χ0n) is 10.9. The van der Waals surface area contributed by atoms with Gasteiger partial charge in [-0.3, -0.25) is 9.59 Å². The Morgan fingerprint density at radius 3 is 2.89 bits per heavy atom. The van der Waals surface area contributed by atoms with E-state index in [1.807, 2.05) is 9.80 Å². The van der Waals surface area contributed by atoms with Gasteiger partial charge in [0.1, 0.15) is 0 Å². The summed E-state index contributed by atoms with van der Waals surface area (Å²) in [5.41, 5.74) is 0. The van der Waals surface area contributed by atoms with Crippen LogP contribution >= 0.6 is 0 Å². The first-order chi connectivity index (χ1) is 8.66. The Morgan fingerprint density at radius 2 is 2.17 bits per heavy atom. The van der Waals surface area contributed by atoms with Gasteiger partial charge in [-0.15, -0.1) is 0 Å². The molecule has 3 aliphatic rings. The van der Waals surface area contributed by atoms with Crippen molar-refractivity contribution in [3.8, 4) is 0 Å². The molecule has 0 bridgehead atoms. The Hall–Kier alpha value is -1.10. The zero-order chi connectivity index (χ0) is 12.7. The van der Waals surface area contributed by atoms with E-state index in [-0.39, 0.29) is 23.8 Å². The van der Waals surface area contributed by atoms with Crippen molar-refractivity contribution in [3.63, 3.8) is 0 Å². The van der Waals surface area contributed by atoms with Gasteiger partial charge in [-0.1, -0.05) is 6.92 Å². The summed E-state index contributed by atoms with van der Waals surface area (Å²) in [7, 11) is 0. The van der Waals surface area contributed by atoms with E-state index in [1.54, 1.807) is 0 Å². The Labute approximate surface area is 107 Å². The third kappa shape index (κ3) is 1.90. The molecule has 5 nitrogen and oxygen atoms in total. The van der Waals surface area contributed by atoms with Crippen molar-refractivity contribution in [1.29, 1.82) is 0 Å². The van der Waals surface area contributed by atoms with E-state index >= 15 is 0 Å². The van der Waals surface area contributed by atoms with Crippen LogP contribution in [0.2, 0.25) is 0 Å². The zero-order valence-corrected chi connectivity index (χ0v) is 10.9. The number of rotatable bonds is 1. The van der Waals surface area contributed by atoms with Crippen molar-refractivity contribution in [1.82, 2.24) is 15.1 Å². The first kappa shape index (κ1) is 12.0. The Morgan fingerprint density at radius 1 is 1.33 bits per heavy atom. The minimum Gasteiger partial charge on any atom is -0.339 e. The molecule has 3 atom stereocenters. The highest BCUT2D eigenvalue weighted by molar-refractivity contribution is 5.82. The monoisotopic (exact) mass is 251 g/mol. The predicted octanol–water partition coefficient (Wildman–Crippen LogP) is -0.325. The fourth-order valence-electron chi connectivity index (χ4n) is 3.44. The lowest BCUT2D eigenvalue weighted by Gasteiger charge is -2.39. The number of nitrogens with one attached hydrogen (secondary N) is 1. The third-order valence-electron chi connectivity index (χ3n) is 4.64. The highest BCUT2D eigenvalue weighted by Gasteiger charge is 2.40. The van der Waals surface area contributed by atoms with E-state index in [4.69, 9.17) is 0 Å². The molecule has 0 radical (unpaired) electrons. The van der Waals surface area contributed by atoms with Gasteiger partial charge in [-0.05, 0) is 18.9 Å². The second-order valence-electron chi connectivity index (χ2n) is 5.81. The maximum absolute atomic E-state index is 12.5. The lowest BCUT2D eigenvalue weighted by Crippen LogP contribution is -2.54. The van der Waals surface area contributed by atoms with Crippen molar-refractivity contribution in [3.05, 3.63) is 0 Å². The topological polar surface area (TPSA) is 52.7 Å². The smallest absolute Gasteiger partial charge is 0.227 e. The van der Waals surface area contributed by atoms with E-state index in [1.165, 1.54) is 0 Å². The molecule has 0 aromatic carbocycles. The van der Waals surface area contributed by atoms with Gasteiger partial charge in [0.25, 0.3) is 0 Å². The van der Waals surface area contributed by atoms with Crippen LogP contribution in [-0.2, 0) is 9.59 Å². The molecule has 0 aromatic heterocycles. The summed E-state index contributed by atoms with van der Waals surface area (Å²) in [4.78, 5) is 28.0. The lowest BCUT2D eigenvalue weighted by atomic mass is 9.96. The molecule has 3 heterocycles. The summed E-state index contributed by atoms with van der Waals surface area (Å²) in [6, 6.07) is 0.278. The van der Waals surface area contributed by atoms with Crippen molar-refractivity contribution >= 4 is 11.8 Å². The molecule has 1 N–H and O–H groups in total. The number of hydrogen-bond donors (Lipinski definition) is 1. The van der Waals surface area contributed by atoms with E-state index in [0.29, 0.717) is 18.9 Å². The van der Waals surface area contributed by atoms with Crippen LogP contribution in [0.5, 0.6) is 0 Å². The molecule has 0 spiro atoms. The Balaban J connectivity index is 1.64. The number of amides is 2. The quantitative estimate of drug-likeness (QED) is 0.694. The molecule has 5 heteroatoms. The van der Waals surface area contributed by atoms with Gasteiger partial charge >= 0.3 is 0 Å². The first-order valence-electron chi connectivity index (χ1n) is 6.96. The van der Waals surface area contributed by atoms with Gasteiger partial charge in [0.15, 0.2) is 0 Å². The van der Waals surface area contributed by atoms with Gasteiger partial charge in [-0.2, -0.15) is 0 Å². The van der Waals surface area contributed by atoms with Gasteiger partial charge in [0, 0.05) is 38.6 Å². The summed E-state index contributed by atoms with van der Waals surface area (Å²) in [6.45, 7) is 6.07. The summed E-state index contributed by atoms with van der Waals surface area (Å²) in [5.74, 6) is 1.11. The molecule has 3 aliphatic heterocycles. The second kappa shape index (κ2) is 4.53. The van der Waals surface area contributed by atoms with Crippen LogP contribution in [0.3, 0.4) is 0 Å². The van der Waals surface area contributed by atoms with Gasteiger partial charge in [0.05, 0.1) is 5.92 Å². The van der Waals surface area contributed by atoms with E-state index in [9.17, 15) is 9.59 Å². The Kier molecular flexibility index (Phi) is 3.01. The van der Waals surface area contributed by atoms with Crippen LogP contribution in [-0.4, -0.2) is 60.4 Å². The van der Waals surface area contributed by atoms with Gasteiger partial charge in [0.2, 0.25) is 11.8 Å². The van der Waals surface area contributed by atoms with Crippen LogP contribution in [0.1, 0.15) is 19.8 Å². The molecule has 3 rings (SSSR count). The normalized spacial score (nSPS) is 36.1. The lowest BCUT2D eigenvalue weighted by molar-refractivity contribution is -0.142. The van der Waals surface area contributed by atoms with E-state index in [0.717, 1.165) is 32.6 Å². The molecular weight excluding hydrogens is 230 g/mol. The van der Waals surface area contributed by atoms with Crippen LogP contribution < -0.4 is 5.32 Å². The summed E-state index contributed by atoms with van der Waals surface area (Å²) < 4.78 is 0. The molecule has 0 saturated carbocycles. The van der Waals surface area contributed by atoms with Crippen molar-refractivity contribution in [2.45, 2.75) is 25.8 Å². The predicted molar refractivity (Wildman–Crippen MR) is 66.8 cm³/mol. The number of piperazine rings is 1. The minimum absolute atomic E-state index is 0.133. The molecule has 3 saturated heterocycles. The minimum atomic E-state index is 0.133. The maximum Gasteiger partial charge on any atom is 0.227 e. The fourth-order valence-corrected chi connectivity index (χ4v) is 3.44. The van der Waals surface area contributed by atoms with Crippen LogP contribution in [0.4, 0.5) is 0 Å². The summed E-state index contributed by atoms with van der Waals surface area (Å²) in [6.07, 6.45) is 1.58. The average molecular weight is 251 g/mol. The molecule has 0 aromatic rings. The molecule has 3 fully saturated rings. The van der Waals surface area contributed by atoms with Crippen molar-refractivity contribution in [2.75, 3.05) is 32.7 Å². The third-order valence-corrected chi connectivity index (χ3v) is 4.64. The number of carbonyl (C=O) groups excluding carboxylic acids is 2. The highest BCUT2D eigenvalue weighted by Crippen LogP contribution is 2.25. The van der Waals surface area contributed by atoms with E-state index < -0.39 is 0 Å². The van der Waals surface area contributed by atoms with Crippen molar-refractivity contribution < 1.29 is 9.59 Å². The summed E-state index contributed by atoms with van der Waals surface area (Å²) in [5, 5.41) is 3.28. The number of carbonyl (C=O) groups is 2. The standard InChI is InChI=1S/C13H21N3O2/c1-9-6-14-7-11(9)13(18)15-4-5-16-10(8-15)2-3-12(16)17/h9-11,14H,2-8H2,1H3/t9-,10?,11-/m1/s1. The van der Waals surface area contributed by atoms with Crippen molar-refractivity contribution in [2.24, 2.45) is 11.8 Å². The molecule has 18 heavy (non-hydrogen) atoms. The number of fused-ring (bicyclic) bond motifs is 1. The number of hydrogen-bond acceptors (Lipinski definition) is 3. The van der Waals surface area contributed by atoms with Crippen LogP contribution in [0, 0.1) is 11.8 Å². The highest BCUT2D eigenvalue weighted by atomic mass is 16.2. The SMILES string of the molecule is C[C@@H]1CNC[C@H]1C(=O)N1CCN2C(=O)CCC2C1. The second-order valence-corrected chi connectivity index (χ2v) is 5.81. The molecule has 0 aliphatic carbocycles. The van der Waals surface area contributed by atoms with Gasteiger partial charge in [-0.25, -0.2) is 0 Å². The maximum atomic E-state index is 12.5. The Bertz CT molecular complexity index is 371. The average Bonchev–Trinajstić information content (AvgIpc) is 2.95. The van der Waals surface area contributed by atoms with Gasteiger partial charge < -0.3 is 15.1 Å². The molecule has 100 valence electrons. The molecule has 2 amide bonds. The summed E-state index contributed by atoms with van der Waals surface area (Å²) >= 11 is 0. The largest absolute Gasteiger partial charge is 0.339 e. The van der Waals surface area contributed by atoms with Crippen LogP contribution in [0.15, 0.2) is 0 Å². The fraction of sp³-hybridized carbons (Fsp3) is 0.846. The van der Waals surface area contributed by atoms with Crippen LogP contribution in [0.25, 0.3) is 0 Å². The van der Waals surface area contributed by atoms with E-state index in [2.05, 4.69) is 12.2 Å².